The molecular weight excluding hydrogens is 540 g/mol. The third-order valence-electron chi connectivity index (χ3n) is 5.29. The predicted octanol–water partition coefficient (Wildman–Crippen LogP) is 6.85. The minimum Gasteiger partial charge on any atom is -0.490 e. The van der Waals surface area contributed by atoms with Crippen LogP contribution in [0.4, 0.5) is 0 Å². The van der Waals surface area contributed by atoms with Crippen molar-refractivity contribution in [3.05, 3.63) is 79.9 Å². The van der Waals surface area contributed by atoms with Crippen LogP contribution in [-0.2, 0) is 16.1 Å². The fourth-order valence-corrected chi connectivity index (χ4v) is 5.37. The molecule has 2 aliphatic heterocycles. The summed E-state index contributed by atoms with van der Waals surface area (Å²) in [5.41, 5.74) is 2.86. The van der Waals surface area contributed by atoms with Crippen LogP contribution in [0.2, 0.25) is 5.02 Å². The van der Waals surface area contributed by atoms with Crippen LogP contribution in [0.1, 0.15) is 37.9 Å². The van der Waals surface area contributed by atoms with Gasteiger partial charge < -0.3 is 19.1 Å². The molecule has 0 fully saturated rings. The van der Waals surface area contributed by atoms with Crippen molar-refractivity contribution in [2.45, 2.75) is 33.4 Å². The molecule has 0 spiro atoms. The quantitative estimate of drug-likeness (QED) is 0.328. The lowest BCUT2D eigenvalue weighted by Gasteiger charge is -2.33. The van der Waals surface area contributed by atoms with Crippen molar-refractivity contribution in [3.63, 3.8) is 0 Å². The van der Waals surface area contributed by atoms with Crippen LogP contribution in [0, 0.1) is 0 Å². The molecule has 0 bridgehead atoms. The number of esters is 1. The van der Waals surface area contributed by atoms with Crippen molar-refractivity contribution in [1.82, 2.24) is 4.90 Å². The lowest BCUT2D eigenvalue weighted by Crippen LogP contribution is -2.34. The second-order valence-electron chi connectivity index (χ2n) is 7.47. The average molecular weight is 564 g/mol. The monoisotopic (exact) mass is 562 g/mol. The number of aliphatic imine (C=N–C) groups is 1. The van der Waals surface area contributed by atoms with Gasteiger partial charge in [0.2, 0.25) is 0 Å². The van der Waals surface area contributed by atoms with E-state index < -0.39 is 6.04 Å². The summed E-state index contributed by atoms with van der Waals surface area (Å²) < 4.78 is 18.2. The number of carbonyl (C=O) groups is 1. The molecule has 2 aromatic rings. The summed E-state index contributed by atoms with van der Waals surface area (Å²) in [6.07, 6.45) is 1.93. The predicted molar refractivity (Wildman–Crippen MR) is 139 cm³/mol. The van der Waals surface area contributed by atoms with Crippen LogP contribution in [-0.4, -0.2) is 29.3 Å². The van der Waals surface area contributed by atoms with Gasteiger partial charge in [-0.3, -0.25) is 0 Å². The first kappa shape index (κ1) is 24.7. The fraction of sp³-hybridized carbons (Fsp3) is 0.280. The van der Waals surface area contributed by atoms with Gasteiger partial charge in [0.05, 0.1) is 35.0 Å². The van der Waals surface area contributed by atoms with Gasteiger partial charge in [-0.15, -0.1) is 0 Å². The second-order valence-corrected chi connectivity index (χ2v) is 9.60. The Labute approximate surface area is 216 Å². The summed E-state index contributed by atoms with van der Waals surface area (Å²) >= 11 is 11.5. The Balaban J connectivity index is 1.74. The molecule has 178 valence electrons. The van der Waals surface area contributed by atoms with Crippen molar-refractivity contribution in [3.8, 4) is 11.5 Å². The van der Waals surface area contributed by atoms with Crippen LogP contribution >= 0.6 is 39.3 Å². The van der Waals surface area contributed by atoms with Crippen LogP contribution in [0.5, 0.6) is 11.5 Å². The molecule has 2 aliphatic rings. The van der Waals surface area contributed by atoms with Crippen molar-refractivity contribution < 1.29 is 19.0 Å². The Bertz CT molecular complexity index is 1200. The number of rotatable bonds is 8. The molecular formula is C25H24BrClN2O4S. The molecule has 0 aliphatic carbocycles. The van der Waals surface area contributed by atoms with Crippen LogP contribution in [0.15, 0.2) is 68.7 Å². The van der Waals surface area contributed by atoms with E-state index in [1.807, 2.05) is 66.8 Å². The Kier molecular flexibility index (Phi) is 7.91. The zero-order chi connectivity index (χ0) is 24.2. The number of allylic oxidation sites excluding steroid dienone is 1. The molecule has 6 nitrogen and oxygen atoms in total. The van der Waals surface area contributed by atoms with Crippen molar-refractivity contribution in [2.75, 3.05) is 13.2 Å². The van der Waals surface area contributed by atoms with Crippen molar-refractivity contribution in [2.24, 2.45) is 4.99 Å². The third-order valence-corrected chi connectivity index (χ3v) is 7.02. The van der Waals surface area contributed by atoms with Crippen LogP contribution in [0.3, 0.4) is 0 Å². The largest absolute Gasteiger partial charge is 0.490 e. The average Bonchev–Trinajstić information content (AvgIpc) is 3.26. The zero-order valence-electron chi connectivity index (χ0n) is 19.0. The summed E-state index contributed by atoms with van der Waals surface area (Å²) in [6, 6.07) is 11.0. The van der Waals surface area contributed by atoms with Gasteiger partial charge in [0.1, 0.15) is 6.61 Å². The first-order valence-corrected chi connectivity index (χ1v) is 12.9. The highest BCUT2D eigenvalue weighted by molar-refractivity contribution is 9.10. The third kappa shape index (κ3) is 4.99. The number of fused-ring (bicyclic) bond motifs is 1. The highest BCUT2D eigenvalue weighted by Gasteiger charge is 2.38. The molecule has 0 radical (unpaired) electrons. The summed E-state index contributed by atoms with van der Waals surface area (Å²) in [6.45, 7) is 6.57. The van der Waals surface area contributed by atoms with Gasteiger partial charge in [-0.05, 0) is 65.9 Å². The Morgan fingerprint density at radius 2 is 2.00 bits per heavy atom. The van der Waals surface area contributed by atoms with Gasteiger partial charge in [-0.1, -0.05) is 41.6 Å². The first-order valence-electron chi connectivity index (χ1n) is 10.8. The molecule has 0 saturated carbocycles. The van der Waals surface area contributed by atoms with E-state index in [1.54, 1.807) is 6.92 Å². The van der Waals surface area contributed by atoms with E-state index in [1.165, 1.54) is 11.8 Å². The van der Waals surface area contributed by atoms with Gasteiger partial charge in [0.25, 0.3) is 0 Å². The molecule has 0 unspecified atom stereocenters. The molecule has 4 rings (SSSR count). The van der Waals surface area contributed by atoms with E-state index in [0.29, 0.717) is 38.9 Å². The number of amidine groups is 1. The maximum absolute atomic E-state index is 12.9. The minimum absolute atomic E-state index is 0.284. The zero-order valence-corrected chi connectivity index (χ0v) is 22.2. The van der Waals surface area contributed by atoms with Crippen LogP contribution < -0.4 is 9.47 Å². The number of thioether (sulfide) groups is 1. The number of ether oxygens (including phenoxy) is 3. The van der Waals surface area contributed by atoms with Gasteiger partial charge in [0.15, 0.2) is 16.7 Å². The number of hydrogen-bond donors (Lipinski definition) is 0. The van der Waals surface area contributed by atoms with E-state index in [2.05, 4.69) is 20.9 Å². The molecule has 1 atom stereocenters. The number of hydrogen-bond acceptors (Lipinski definition) is 7. The van der Waals surface area contributed by atoms with Gasteiger partial charge >= 0.3 is 5.97 Å². The molecule has 2 heterocycles. The Morgan fingerprint density at radius 3 is 2.74 bits per heavy atom. The van der Waals surface area contributed by atoms with E-state index in [0.717, 1.165) is 16.3 Å². The molecule has 0 saturated heterocycles. The van der Waals surface area contributed by atoms with E-state index in [4.69, 9.17) is 25.8 Å². The summed E-state index contributed by atoms with van der Waals surface area (Å²) in [5.74, 6) is 0.755. The van der Waals surface area contributed by atoms with Crippen LogP contribution in [0.25, 0.3) is 0 Å². The lowest BCUT2D eigenvalue weighted by atomic mass is 9.94. The molecule has 34 heavy (non-hydrogen) atoms. The molecule has 0 aromatic heterocycles. The topological polar surface area (TPSA) is 60.4 Å². The Morgan fingerprint density at radius 1 is 1.21 bits per heavy atom. The highest BCUT2D eigenvalue weighted by Crippen LogP contribution is 2.45. The normalized spacial score (nSPS) is 16.9. The smallest absolute Gasteiger partial charge is 0.338 e. The Hall–Kier alpha value is -2.42. The van der Waals surface area contributed by atoms with Gasteiger partial charge in [-0.2, -0.15) is 0 Å². The summed E-state index contributed by atoms with van der Waals surface area (Å²) in [4.78, 5) is 19.5. The molecule has 9 heteroatoms. The number of nitrogens with zero attached hydrogens (tertiary/aromatic N) is 2. The van der Waals surface area contributed by atoms with E-state index >= 15 is 0 Å². The fourth-order valence-electron chi connectivity index (χ4n) is 3.81. The SMILES string of the molecule is CCOC(=O)C1=C(C)N=C2SC=CN2[C@@H]1c1cc(Br)c(OCc2ccccc2Cl)c(OCC)c1. The summed E-state index contributed by atoms with van der Waals surface area (Å²) in [7, 11) is 0. The highest BCUT2D eigenvalue weighted by atomic mass is 79.9. The standard InChI is InChI=1S/C25H24BrClN2O4S/c1-4-31-20-13-17(12-18(26)23(20)33-14-16-8-6-7-9-19(16)27)22-21(24(30)32-5-2)15(3)28-25-29(22)10-11-34-25/h6-13,22H,4-5,14H2,1-3H3/t22-/m1/s1. The van der Waals surface area contributed by atoms with Crippen molar-refractivity contribution >= 4 is 50.4 Å². The van der Waals surface area contributed by atoms with E-state index in [-0.39, 0.29) is 19.2 Å². The summed E-state index contributed by atoms with van der Waals surface area (Å²) in [5, 5.41) is 3.40. The maximum Gasteiger partial charge on any atom is 0.338 e. The molecule has 0 N–H and O–H groups in total. The minimum atomic E-state index is -0.411. The number of benzene rings is 2. The van der Waals surface area contributed by atoms with Gasteiger partial charge in [0, 0.05) is 16.8 Å². The van der Waals surface area contributed by atoms with Gasteiger partial charge in [-0.25, -0.2) is 9.79 Å². The number of halogens is 2. The molecule has 2 aromatic carbocycles. The first-order chi connectivity index (χ1) is 16.4. The maximum atomic E-state index is 12.9. The second kappa shape index (κ2) is 10.9. The lowest BCUT2D eigenvalue weighted by molar-refractivity contribution is -0.139. The van der Waals surface area contributed by atoms with E-state index in [9.17, 15) is 4.79 Å². The van der Waals surface area contributed by atoms with Crippen molar-refractivity contribution in [1.29, 1.82) is 0 Å². The molecule has 0 amide bonds. The number of carbonyl (C=O) groups excluding carboxylic acids is 1.